The Morgan fingerprint density at radius 1 is 1.13 bits per heavy atom. The van der Waals surface area contributed by atoms with Crippen LogP contribution in [0.15, 0.2) is 24.3 Å². The number of benzene rings is 1. The number of imide groups is 1. The molecule has 4 amide bonds. The summed E-state index contributed by atoms with van der Waals surface area (Å²) >= 11 is 0. The van der Waals surface area contributed by atoms with Crippen molar-refractivity contribution < 1.29 is 14.4 Å². The van der Waals surface area contributed by atoms with Gasteiger partial charge in [-0.25, -0.2) is 9.69 Å². The molecule has 1 aromatic rings. The highest BCUT2D eigenvalue weighted by molar-refractivity contribution is 6.07. The Morgan fingerprint density at radius 2 is 1.87 bits per heavy atom. The van der Waals surface area contributed by atoms with Crippen LogP contribution in [0.5, 0.6) is 0 Å². The quantitative estimate of drug-likeness (QED) is 0.660. The highest BCUT2D eigenvalue weighted by atomic mass is 16.2. The van der Waals surface area contributed by atoms with Gasteiger partial charge in [-0.1, -0.05) is 31.9 Å². The lowest BCUT2D eigenvalue weighted by Crippen LogP contribution is -2.54. The fourth-order valence-corrected chi connectivity index (χ4v) is 5.03. The van der Waals surface area contributed by atoms with Crippen LogP contribution in [0.3, 0.4) is 0 Å². The molecular weight excluding hydrogens is 392 g/mol. The molecule has 7 heteroatoms. The van der Waals surface area contributed by atoms with Crippen LogP contribution in [0.4, 0.5) is 4.79 Å². The van der Waals surface area contributed by atoms with Crippen LogP contribution in [-0.4, -0.2) is 51.9 Å². The average molecular weight is 425 g/mol. The summed E-state index contributed by atoms with van der Waals surface area (Å²) in [6.45, 7) is 3.07. The van der Waals surface area contributed by atoms with Crippen LogP contribution < -0.4 is 10.6 Å². The molecule has 166 valence electrons. The third kappa shape index (κ3) is 4.07. The van der Waals surface area contributed by atoms with Gasteiger partial charge in [-0.3, -0.25) is 14.5 Å². The Balaban J connectivity index is 1.26. The summed E-state index contributed by atoms with van der Waals surface area (Å²) in [5.41, 5.74) is 1.06. The lowest BCUT2D eigenvalue weighted by molar-refractivity contribution is -0.135. The highest BCUT2D eigenvalue weighted by Gasteiger charge is 2.55. The van der Waals surface area contributed by atoms with E-state index >= 15 is 0 Å². The Bertz CT molecular complexity index is 877. The first-order chi connectivity index (χ1) is 15.0. The first-order valence-electron chi connectivity index (χ1n) is 11.7. The molecule has 0 unspecified atom stereocenters. The lowest BCUT2D eigenvalue weighted by Gasteiger charge is -2.37. The molecule has 1 aromatic carbocycles. The van der Waals surface area contributed by atoms with Crippen molar-refractivity contribution in [1.29, 1.82) is 0 Å². The van der Waals surface area contributed by atoms with E-state index in [1.165, 1.54) is 4.90 Å². The molecule has 1 heterocycles. The zero-order valence-electron chi connectivity index (χ0n) is 18.2. The average Bonchev–Trinajstić information content (AvgIpc) is 3.67. The van der Waals surface area contributed by atoms with Crippen molar-refractivity contribution in [2.24, 2.45) is 5.92 Å². The largest absolute Gasteiger partial charge is 0.349 e. The fraction of sp³-hybridized carbons (Fsp3) is 0.625. The molecule has 3 saturated carbocycles. The Hall–Kier alpha value is -2.41. The van der Waals surface area contributed by atoms with E-state index in [0.717, 1.165) is 56.9 Å². The second kappa shape index (κ2) is 7.93. The summed E-state index contributed by atoms with van der Waals surface area (Å²) in [7, 11) is 0. The predicted octanol–water partition coefficient (Wildman–Crippen LogP) is 3.00. The van der Waals surface area contributed by atoms with E-state index in [0.29, 0.717) is 30.9 Å². The maximum absolute atomic E-state index is 13.3. The second-order valence-corrected chi connectivity index (χ2v) is 9.85. The van der Waals surface area contributed by atoms with E-state index in [2.05, 4.69) is 22.5 Å². The minimum absolute atomic E-state index is 0.0145. The molecule has 1 aliphatic heterocycles. The normalized spacial score (nSPS) is 28.3. The third-order valence-corrected chi connectivity index (χ3v) is 7.40. The SMILES string of the molecule is C[C@H]1CCCC[C@]12NC(=O)N(CN(Cc1ccc(C(=O)NC3CC3)cc1)C1CC1)C2=O. The summed E-state index contributed by atoms with van der Waals surface area (Å²) in [4.78, 5) is 42.0. The molecule has 0 radical (unpaired) electrons. The maximum Gasteiger partial charge on any atom is 0.326 e. The number of amides is 4. The van der Waals surface area contributed by atoms with Crippen molar-refractivity contribution in [3.05, 3.63) is 35.4 Å². The van der Waals surface area contributed by atoms with Gasteiger partial charge >= 0.3 is 6.03 Å². The van der Waals surface area contributed by atoms with Crippen LogP contribution in [0.2, 0.25) is 0 Å². The van der Waals surface area contributed by atoms with Crippen molar-refractivity contribution in [2.45, 2.75) is 82.5 Å². The molecule has 0 bridgehead atoms. The van der Waals surface area contributed by atoms with Crippen molar-refractivity contribution in [3.63, 3.8) is 0 Å². The van der Waals surface area contributed by atoms with Crippen molar-refractivity contribution in [3.8, 4) is 0 Å². The zero-order chi connectivity index (χ0) is 21.6. The predicted molar refractivity (Wildman–Crippen MR) is 116 cm³/mol. The monoisotopic (exact) mass is 424 g/mol. The number of urea groups is 1. The van der Waals surface area contributed by atoms with E-state index in [9.17, 15) is 14.4 Å². The maximum atomic E-state index is 13.3. The van der Waals surface area contributed by atoms with Gasteiger partial charge in [0.1, 0.15) is 5.54 Å². The minimum Gasteiger partial charge on any atom is -0.349 e. The molecule has 2 N–H and O–H groups in total. The number of carbonyl (C=O) groups excluding carboxylic acids is 3. The van der Waals surface area contributed by atoms with Crippen molar-refractivity contribution in [2.75, 3.05) is 6.67 Å². The molecule has 1 spiro atoms. The summed E-state index contributed by atoms with van der Waals surface area (Å²) in [5.74, 6) is 0.105. The summed E-state index contributed by atoms with van der Waals surface area (Å²) in [6, 6.07) is 8.18. The topological polar surface area (TPSA) is 81.8 Å². The third-order valence-electron chi connectivity index (χ3n) is 7.40. The Morgan fingerprint density at radius 3 is 2.52 bits per heavy atom. The van der Waals surface area contributed by atoms with Gasteiger partial charge in [0.05, 0.1) is 6.67 Å². The molecule has 1 saturated heterocycles. The van der Waals surface area contributed by atoms with Gasteiger partial charge in [0.15, 0.2) is 0 Å². The zero-order valence-corrected chi connectivity index (χ0v) is 18.2. The summed E-state index contributed by atoms with van der Waals surface area (Å²) < 4.78 is 0. The van der Waals surface area contributed by atoms with Gasteiger partial charge in [-0.15, -0.1) is 0 Å². The Labute approximate surface area is 183 Å². The van der Waals surface area contributed by atoms with Crippen molar-refractivity contribution in [1.82, 2.24) is 20.4 Å². The van der Waals surface area contributed by atoms with E-state index in [1.54, 1.807) is 0 Å². The Kier molecular flexibility index (Phi) is 5.24. The molecular formula is C24H32N4O3. The van der Waals surface area contributed by atoms with E-state index < -0.39 is 5.54 Å². The van der Waals surface area contributed by atoms with Crippen LogP contribution in [0, 0.1) is 5.92 Å². The highest BCUT2D eigenvalue weighted by Crippen LogP contribution is 2.39. The molecule has 2 atom stereocenters. The summed E-state index contributed by atoms with van der Waals surface area (Å²) in [6.07, 6.45) is 8.15. The van der Waals surface area contributed by atoms with Crippen LogP contribution in [-0.2, 0) is 11.3 Å². The first-order valence-corrected chi connectivity index (χ1v) is 11.7. The van der Waals surface area contributed by atoms with Gasteiger partial charge in [0, 0.05) is 24.2 Å². The molecule has 7 nitrogen and oxygen atoms in total. The minimum atomic E-state index is -0.707. The number of nitrogens with one attached hydrogen (secondary N) is 2. The second-order valence-electron chi connectivity index (χ2n) is 9.85. The van der Waals surface area contributed by atoms with E-state index in [-0.39, 0.29) is 23.8 Å². The van der Waals surface area contributed by atoms with Gasteiger partial charge in [-0.05, 0) is 62.1 Å². The molecule has 4 fully saturated rings. The number of nitrogens with zero attached hydrogens (tertiary/aromatic N) is 2. The summed E-state index contributed by atoms with van der Waals surface area (Å²) in [5, 5.41) is 6.06. The van der Waals surface area contributed by atoms with Gasteiger partial charge in [-0.2, -0.15) is 0 Å². The van der Waals surface area contributed by atoms with Crippen LogP contribution in [0.25, 0.3) is 0 Å². The smallest absolute Gasteiger partial charge is 0.326 e. The molecule has 31 heavy (non-hydrogen) atoms. The molecule has 0 aromatic heterocycles. The number of hydrogen-bond acceptors (Lipinski definition) is 4. The van der Waals surface area contributed by atoms with Gasteiger partial charge in [0.2, 0.25) is 0 Å². The standard InChI is InChI=1S/C24H32N4O3/c1-16-4-2-3-13-24(16)22(30)28(23(31)26-24)15-27(20-11-12-20)14-17-5-7-18(8-6-17)21(29)25-19-9-10-19/h5-8,16,19-20H,2-4,9-15H2,1H3,(H,25,29)(H,26,31)/t16-,24-/m0/s1. The molecule has 5 rings (SSSR count). The van der Waals surface area contributed by atoms with E-state index in [4.69, 9.17) is 0 Å². The number of rotatable bonds is 7. The molecule has 3 aliphatic carbocycles. The van der Waals surface area contributed by atoms with Crippen LogP contribution in [0.1, 0.15) is 74.2 Å². The van der Waals surface area contributed by atoms with Crippen molar-refractivity contribution >= 4 is 17.8 Å². The van der Waals surface area contributed by atoms with Crippen LogP contribution >= 0.6 is 0 Å². The van der Waals surface area contributed by atoms with E-state index in [1.807, 2.05) is 24.3 Å². The van der Waals surface area contributed by atoms with Gasteiger partial charge < -0.3 is 10.6 Å². The fourth-order valence-electron chi connectivity index (χ4n) is 5.03. The number of hydrogen-bond donors (Lipinski definition) is 2. The first kappa shape index (κ1) is 20.5. The van der Waals surface area contributed by atoms with Gasteiger partial charge in [0.25, 0.3) is 11.8 Å². The lowest BCUT2D eigenvalue weighted by atomic mass is 9.73. The molecule has 4 aliphatic rings. The number of carbonyl (C=O) groups is 3.